The third-order valence-electron chi connectivity index (χ3n) is 2.87. The van der Waals surface area contributed by atoms with E-state index in [1.54, 1.807) is 0 Å². The molecule has 1 aromatic heterocycles. The number of hydrogen-bond donors (Lipinski definition) is 1. The lowest BCUT2D eigenvalue weighted by Gasteiger charge is -2.10. The maximum absolute atomic E-state index is 5.63. The van der Waals surface area contributed by atoms with Crippen molar-refractivity contribution >= 4 is 5.95 Å². The van der Waals surface area contributed by atoms with E-state index in [-0.39, 0.29) is 0 Å². The zero-order valence-corrected chi connectivity index (χ0v) is 11.4. The van der Waals surface area contributed by atoms with Crippen molar-refractivity contribution in [1.82, 2.24) is 9.55 Å². The van der Waals surface area contributed by atoms with Crippen LogP contribution in [-0.2, 0) is 6.54 Å². The molecule has 102 valence electrons. The van der Waals surface area contributed by atoms with Gasteiger partial charge in [-0.2, -0.15) is 0 Å². The zero-order valence-electron chi connectivity index (χ0n) is 11.4. The number of para-hydroxylation sites is 1. The second-order valence-electron chi connectivity index (χ2n) is 4.39. The predicted molar refractivity (Wildman–Crippen MR) is 77.6 cm³/mol. The van der Waals surface area contributed by atoms with Gasteiger partial charge in [0.05, 0.1) is 6.54 Å². The van der Waals surface area contributed by atoms with Crippen LogP contribution in [0.1, 0.15) is 19.8 Å². The number of ether oxygens (including phenoxy) is 1. The van der Waals surface area contributed by atoms with Gasteiger partial charge in [-0.1, -0.05) is 31.5 Å². The Morgan fingerprint density at radius 2 is 2.11 bits per heavy atom. The van der Waals surface area contributed by atoms with Gasteiger partial charge in [0, 0.05) is 18.9 Å². The van der Waals surface area contributed by atoms with E-state index in [0.717, 1.165) is 24.8 Å². The maximum atomic E-state index is 5.63. The molecular formula is C15H21N3O. The molecule has 0 saturated heterocycles. The number of aromatic nitrogens is 2. The lowest BCUT2D eigenvalue weighted by atomic mass is 10.3. The molecule has 0 fully saturated rings. The van der Waals surface area contributed by atoms with Gasteiger partial charge in [-0.25, -0.2) is 4.98 Å². The second kappa shape index (κ2) is 7.46. The van der Waals surface area contributed by atoms with Crippen molar-refractivity contribution in [2.45, 2.75) is 26.3 Å². The minimum absolute atomic E-state index is 0.630. The molecule has 0 atom stereocenters. The molecule has 1 N–H and O–H groups in total. The number of nitrogens with one attached hydrogen (secondary N) is 1. The SMILES string of the molecule is CCCCn1ccnc1NCCOc1ccccc1. The van der Waals surface area contributed by atoms with Crippen LogP contribution < -0.4 is 10.1 Å². The van der Waals surface area contributed by atoms with Gasteiger partial charge in [0.2, 0.25) is 5.95 Å². The van der Waals surface area contributed by atoms with Gasteiger partial charge in [0.15, 0.2) is 0 Å². The van der Waals surface area contributed by atoms with Gasteiger partial charge in [-0.3, -0.25) is 0 Å². The van der Waals surface area contributed by atoms with Crippen LogP contribution in [0.25, 0.3) is 0 Å². The van der Waals surface area contributed by atoms with Gasteiger partial charge in [0.1, 0.15) is 12.4 Å². The smallest absolute Gasteiger partial charge is 0.202 e. The van der Waals surface area contributed by atoms with Crippen LogP contribution in [0.2, 0.25) is 0 Å². The summed E-state index contributed by atoms with van der Waals surface area (Å²) in [5.41, 5.74) is 0. The summed E-state index contributed by atoms with van der Waals surface area (Å²) in [6.45, 7) is 4.58. The number of rotatable bonds is 8. The molecule has 2 aromatic rings. The van der Waals surface area contributed by atoms with Crippen LogP contribution in [0, 0.1) is 0 Å². The number of benzene rings is 1. The van der Waals surface area contributed by atoms with Gasteiger partial charge < -0.3 is 14.6 Å². The van der Waals surface area contributed by atoms with Gasteiger partial charge in [-0.05, 0) is 18.6 Å². The van der Waals surface area contributed by atoms with Crippen molar-refractivity contribution in [1.29, 1.82) is 0 Å². The topological polar surface area (TPSA) is 39.1 Å². The number of hydrogen-bond acceptors (Lipinski definition) is 3. The van der Waals surface area contributed by atoms with Crippen LogP contribution >= 0.6 is 0 Å². The van der Waals surface area contributed by atoms with Crippen LogP contribution in [0.15, 0.2) is 42.7 Å². The van der Waals surface area contributed by atoms with Crippen molar-refractivity contribution in [3.05, 3.63) is 42.7 Å². The maximum Gasteiger partial charge on any atom is 0.202 e. The molecule has 0 aliphatic heterocycles. The molecule has 4 nitrogen and oxygen atoms in total. The minimum atomic E-state index is 0.630. The van der Waals surface area contributed by atoms with E-state index in [1.165, 1.54) is 12.8 Å². The fraction of sp³-hybridized carbons (Fsp3) is 0.400. The molecule has 0 radical (unpaired) electrons. The number of aryl methyl sites for hydroxylation is 1. The molecule has 0 aliphatic carbocycles. The summed E-state index contributed by atoms with van der Waals surface area (Å²) in [7, 11) is 0. The first-order valence-corrected chi connectivity index (χ1v) is 6.83. The quantitative estimate of drug-likeness (QED) is 0.740. The zero-order chi connectivity index (χ0) is 13.3. The minimum Gasteiger partial charge on any atom is -0.492 e. The second-order valence-corrected chi connectivity index (χ2v) is 4.39. The first-order chi connectivity index (χ1) is 9.40. The molecule has 0 amide bonds. The molecule has 4 heteroatoms. The molecule has 0 saturated carbocycles. The molecule has 0 spiro atoms. The van der Waals surface area contributed by atoms with Crippen molar-refractivity contribution in [3.63, 3.8) is 0 Å². The van der Waals surface area contributed by atoms with E-state index in [2.05, 4.69) is 21.8 Å². The predicted octanol–water partition coefficient (Wildman–Crippen LogP) is 3.17. The third-order valence-corrected chi connectivity index (χ3v) is 2.87. The summed E-state index contributed by atoms with van der Waals surface area (Å²) < 4.78 is 7.77. The Morgan fingerprint density at radius 3 is 2.89 bits per heavy atom. The van der Waals surface area contributed by atoms with Crippen LogP contribution in [0.4, 0.5) is 5.95 Å². The molecular weight excluding hydrogens is 238 g/mol. The first-order valence-electron chi connectivity index (χ1n) is 6.83. The highest BCUT2D eigenvalue weighted by Crippen LogP contribution is 2.09. The average molecular weight is 259 g/mol. The molecule has 0 unspecified atom stereocenters. The van der Waals surface area contributed by atoms with Crippen molar-refractivity contribution in [3.8, 4) is 5.75 Å². The standard InChI is InChI=1S/C15H21N3O/c1-2-3-11-18-12-9-16-15(18)17-10-13-19-14-7-5-4-6-8-14/h4-9,12H,2-3,10-11,13H2,1H3,(H,16,17). The third kappa shape index (κ3) is 4.32. The lowest BCUT2D eigenvalue weighted by Crippen LogP contribution is -2.14. The monoisotopic (exact) mass is 259 g/mol. The largest absolute Gasteiger partial charge is 0.492 e. The summed E-state index contributed by atoms with van der Waals surface area (Å²) >= 11 is 0. The summed E-state index contributed by atoms with van der Waals surface area (Å²) in [6, 6.07) is 9.85. The van der Waals surface area contributed by atoms with Crippen LogP contribution in [-0.4, -0.2) is 22.7 Å². The number of imidazole rings is 1. The summed E-state index contributed by atoms with van der Waals surface area (Å²) in [5, 5.41) is 3.30. The molecule has 1 aromatic carbocycles. The van der Waals surface area contributed by atoms with Gasteiger partial charge in [0.25, 0.3) is 0 Å². The van der Waals surface area contributed by atoms with E-state index >= 15 is 0 Å². The van der Waals surface area contributed by atoms with Crippen LogP contribution in [0.5, 0.6) is 5.75 Å². The summed E-state index contributed by atoms with van der Waals surface area (Å²) in [6.07, 6.45) is 6.20. The highest BCUT2D eigenvalue weighted by Gasteiger charge is 2.01. The van der Waals surface area contributed by atoms with E-state index in [1.807, 2.05) is 42.7 Å². The highest BCUT2D eigenvalue weighted by molar-refractivity contribution is 5.26. The highest BCUT2D eigenvalue weighted by atomic mass is 16.5. The fourth-order valence-electron chi connectivity index (χ4n) is 1.83. The Morgan fingerprint density at radius 1 is 1.26 bits per heavy atom. The summed E-state index contributed by atoms with van der Waals surface area (Å²) in [4.78, 5) is 4.31. The molecule has 19 heavy (non-hydrogen) atoms. The van der Waals surface area contributed by atoms with Gasteiger partial charge in [-0.15, -0.1) is 0 Å². The van der Waals surface area contributed by atoms with Crippen molar-refractivity contribution < 1.29 is 4.74 Å². The van der Waals surface area contributed by atoms with E-state index < -0.39 is 0 Å². The Labute approximate surface area is 114 Å². The summed E-state index contributed by atoms with van der Waals surface area (Å²) in [5.74, 6) is 1.82. The lowest BCUT2D eigenvalue weighted by molar-refractivity contribution is 0.332. The Balaban J connectivity index is 1.72. The molecule has 0 bridgehead atoms. The van der Waals surface area contributed by atoms with E-state index in [4.69, 9.17) is 4.74 Å². The van der Waals surface area contributed by atoms with E-state index in [9.17, 15) is 0 Å². The first kappa shape index (κ1) is 13.5. The average Bonchev–Trinajstić information content (AvgIpc) is 2.90. The fourth-order valence-corrected chi connectivity index (χ4v) is 1.83. The molecule has 0 aliphatic rings. The van der Waals surface area contributed by atoms with Gasteiger partial charge >= 0.3 is 0 Å². The van der Waals surface area contributed by atoms with E-state index in [0.29, 0.717) is 6.61 Å². The van der Waals surface area contributed by atoms with Crippen molar-refractivity contribution in [2.75, 3.05) is 18.5 Å². The Hall–Kier alpha value is -1.97. The number of nitrogens with zero attached hydrogens (tertiary/aromatic N) is 2. The van der Waals surface area contributed by atoms with Crippen molar-refractivity contribution in [2.24, 2.45) is 0 Å². The normalized spacial score (nSPS) is 10.4. The molecule has 2 rings (SSSR count). The number of anilines is 1. The Bertz CT molecular complexity index is 467. The number of unbranched alkanes of at least 4 members (excludes halogenated alkanes) is 1. The molecule has 1 heterocycles. The Kier molecular flexibility index (Phi) is 5.29. The van der Waals surface area contributed by atoms with Crippen LogP contribution in [0.3, 0.4) is 0 Å².